The Kier molecular flexibility index (Phi) is 6.06. The summed E-state index contributed by atoms with van der Waals surface area (Å²) in [7, 11) is 0. The summed E-state index contributed by atoms with van der Waals surface area (Å²) >= 11 is 0. The van der Waals surface area contributed by atoms with Crippen LogP contribution in [0.2, 0.25) is 0 Å². The van der Waals surface area contributed by atoms with Gasteiger partial charge in [-0.1, -0.05) is 18.2 Å². The molecule has 3 rings (SSSR count). The van der Waals surface area contributed by atoms with E-state index in [1.165, 1.54) is 29.2 Å². The SMILES string of the molecule is CC[NH+](CC)CCn1c(O)c(N=NC(=O)c2ccc(O)cc2)c2ccccc21. The summed E-state index contributed by atoms with van der Waals surface area (Å²) in [5.74, 6) is -0.455. The number of hydrogen-bond acceptors (Lipinski definition) is 4. The van der Waals surface area contributed by atoms with E-state index in [1.807, 2.05) is 28.8 Å². The number of carbonyl (C=O) groups excluding carboxylic acids is 1. The summed E-state index contributed by atoms with van der Waals surface area (Å²) in [6.45, 7) is 7.84. The zero-order valence-corrected chi connectivity index (χ0v) is 16.1. The lowest BCUT2D eigenvalue weighted by Crippen LogP contribution is -3.11. The highest BCUT2D eigenvalue weighted by molar-refractivity contribution is 5.97. The van der Waals surface area contributed by atoms with Crippen molar-refractivity contribution in [2.45, 2.75) is 20.4 Å². The molecule has 7 nitrogen and oxygen atoms in total. The standard InChI is InChI=1S/C21H24N4O3/c1-3-24(4-2)13-14-25-18-8-6-5-7-17(18)19(21(25)28)22-23-20(27)15-9-11-16(26)12-10-15/h5-12,26,28H,3-4,13-14H2,1-2H3/p+1. The molecule has 2 aromatic carbocycles. The minimum Gasteiger partial charge on any atom is -0.508 e. The molecule has 1 amide bonds. The third-order valence-electron chi connectivity index (χ3n) is 4.96. The largest absolute Gasteiger partial charge is 0.508 e. The van der Waals surface area contributed by atoms with E-state index < -0.39 is 5.91 Å². The number of quaternary nitrogens is 1. The van der Waals surface area contributed by atoms with Crippen LogP contribution in [0.3, 0.4) is 0 Å². The van der Waals surface area contributed by atoms with Crippen LogP contribution in [0, 0.1) is 0 Å². The predicted octanol–water partition coefficient (Wildman–Crippen LogP) is 2.90. The molecule has 0 aliphatic carbocycles. The summed E-state index contributed by atoms with van der Waals surface area (Å²) in [5.41, 5.74) is 1.46. The van der Waals surface area contributed by atoms with Gasteiger partial charge < -0.3 is 19.7 Å². The summed E-state index contributed by atoms with van der Waals surface area (Å²) in [4.78, 5) is 13.7. The molecular formula is C21H25N4O3+. The molecule has 0 spiro atoms. The number of phenolic OH excluding ortho intramolecular Hbond substituents is 1. The van der Waals surface area contributed by atoms with Crippen molar-refractivity contribution >= 4 is 22.5 Å². The zero-order chi connectivity index (χ0) is 20.1. The highest BCUT2D eigenvalue weighted by Gasteiger charge is 2.18. The molecule has 7 heteroatoms. The van der Waals surface area contributed by atoms with Crippen molar-refractivity contribution in [2.75, 3.05) is 19.6 Å². The molecule has 1 aromatic heterocycles. The second kappa shape index (κ2) is 8.67. The monoisotopic (exact) mass is 381 g/mol. The molecule has 0 saturated carbocycles. The normalized spacial score (nSPS) is 11.7. The fraction of sp³-hybridized carbons (Fsp3) is 0.286. The maximum Gasteiger partial charge on any atom is 0.295 e. The molecule has 0 atom stereocenters. The number of nitrogens with one attached hydrogen (secondary N) is 1. The highest BCUT2D eigenvalue weighted by Crippen LogP contribution is 2.38. The maximum atomic E-state index is 12.2. The Bertz CT molecular complexity index is 989. The van der Waals surface area contributed by atoms with Crippen molar-refractivity contribution in [3.05, 3.63) is 54.1 Å². The number of fused-ring (bicyclic) bond motifs is 1. The molecule has 0 fully saturated rings. The number of aromatic nitrogens is 1. The van der Waals surface area contributed by atoms with Crippen molar-refractivity contribution in [1.82, 2.24) is 4.57 Å². The van der Waals surface area contributed by atoms with Crippen molar-refractivity contribution in [2.24, 2.45) is 10.2 Å². The van der Waals surface area contributed by atoms with E-state index in [4.69, 9.17) is 0 Å². The van der Waals surface area contributed by atoms with Gasteiger partial charge in [-0.05, 0) is 44.2 Å². The van der Waals surface area contributed by atoms with Crippen LogP contribution in [0.4, 0.5) is 5.69 Å². The van der Waals surface area contributed by atoms with Gasteiger partial charge in [0.1, 0.15) is 5.75 Å². The van der Waals surface area contributed by atoms with Gasteiger partial charge in [0.15, 0.2) is 5.69 Å². The van der Waals surface area contributed by atoms with Crippen molar-refractivity contribution in [1.29, 1.82) is 0 Å². The van der Waals surface area contributed by atoms with Gasteiger partial charge in [-0.15, -0.1) is 10.2 Å². The molecule has 1 heterocycles. The lowest BCUT2D eigenvalue weighted by Gasteiger charge is -2.16. The Labute approximate surface area is 163 Å². The maximum absolute atomic E-state index is 12.2. The van der Waals surface area contributed by atoms with E-state index in [1.54, 1.807) is 0 Å². The average molecular weight is 381 g/mol. The van der Waals surface area contributed by atoms with Crippen LogP contribution < -0.4 is 4.90 Å². The van der Waals surface area contributed by atoms with E-state index in [9.17, 15) is 15.0 Å². The molecule has 0 aliphatic rings. The van der Waals surface area contributed by atoms with Crippen LogP contribution >= 0.6 is 0 Å². The molecule has 28 heavy (non-hydrogen) atoms. The number of aromatic hydroxyl groups is 2. The second-order valence-corrected chi connectivity index (χ2v) is 6.60. The van der Waals surface area contributed by atoms with E-state index >= 15 is 0 Å². The quantitative estimate of drug-likeness (QED) is 0.550. The van der Waals surface area contributed by atoms with Gasteiger partial charge in [0.2, 0.25) is 5.88 Å². The van der Waals surface area contributed by atoms with Crippen molar-refractivity contribution in [3.63, 3.8) is 0 Å². The summed E-state index contributed by atoms with van der Waals surface area (Å²) in [6.07, 6.45) is 0. The highest BCUT2D eigenvalue weighted by atomic mass is 16.3. The van der Waals surface area contributed by atoms with Crippen LogP contribution in [0.5, 0.6) is 11.6 Å². The van der Waals surface area contributed by atoms with Gasteiger partial charge in [0.25, 0.3) is 5.91 Å². The number of phenols is 1. The molecular weight excluding hydrogens is 356 g/mol. The summed E-state index contributed by atoms with van der Waals surface area (Å²) in [5, 5.41) is 28.6. The number of likely N-dealkylation sites (N-methyl/N-ethyl adjacent to an activating group) is 1. The molecule has 0 radical (unpaired) electrons. The van der Waals surface area contributed by atoms with Gasteiger partial charge in [-0.3, -0.25) is 4.79 Å². The van der Waals surface area contributed by atoms with E-state index in [-0.39, 0.29) is 17.3 Å². The van der Waals surface area contributed by atoms with Gasteiger partial charge >= 0.3 is 0 Å². The molecule has 3 N–H and O–H groups in total. The van der Waals surface area contributed by atoms with Gasteiger partial charge in [0, 0.05) is 10.9 Å². The molecule has 0 saturated heterocycles. The third kappa shape index (κ3) is 4.04. The van der Waals surface area contributed by atoms with E-state index in [0.29, 0.717) is 12.1 Å². The van der Waals surface area contributed by atoms with Crippen molar-refractivity contribution in [3.8, 4) is 11.6 Å². The summed E-state index contributed by atoms with van der Waals surface area (Å²) in [6, 6.07) is 13.3. The number of benzene rings is 2. The van der Waals surface area contributed by atoms with Crippen LogP contribution in [0.15, 0.2) is 58.8 Å². The smallest absolute Gasteiger partial charge is 0.295 e. The number of carbonyl (C=O) groups is 1. The fourth-order valence-electron chi connectivity index (χ4n) is 3.23. The molecule has 0 aliphatic heterocycles. The fourth-order valence-corrected chi connectivity index (χ4v) is 3.23. The Morgan fingerprint density at radius 3 is 2.39 bits per heavy atom. The van der Waals surface area contributed by atoms with E-state index in [2.05, 4.69) is 24.1 Å². The Hall–Kier alpha value is -3.19. The number of azo groups is 1. The number of nitrogens with zero attached hydrogens (tertiary/aromatic N) is 3. The minimum atomic E-state index is -0.538. The molecule has 3 aromatic rings. The Balaban J connectivity index is 1.91. The average Bonchev–Trinajstić information content (AvgIpc) is 2.98. The summed E-state index contributed by atoms with van der Waals surface area (Å²) < 4.78 is 1.82. The Morgan fingerprint density at radius 2 is 1.71 bits per heavy atom. The van der Waals surface area contributed by atoms with Crippen LogP contribution in [0.1, 0.15) is 24.2 Å². The zero-order valence-electron chi connectivity index (χ0n) is 16.1. The molecule has 0 bridgehead atoms. The first-order valence-electron chi connectivity index (χ1n) is 9.44. The van der Waals surface area contributed by atoms with E-state index in [0.717, 1.165) is 30.5 Å². The van der Waals surface area contributed by atoms with Gasteiger partial charge in [0.05, 0.1) is 31.7 Å². The van der Waals surface area contributed by atoms with Crippen molar-refractivity contribution < 1.29 is 19.9 Å². The lowest BCUT2D eigenvalue weighted by atomic mass is 10.2. The minimum absolute atomic E-state index is 0.00927. The Morgan fingerprint density at radius 1 is 1.04 bits per heavy atom. The van der Waals surface area contributed by atoms with Crippen LogP contribution in [-0.2, 0) is 6.54 Å². The van der Waals surface area contributed by atoms with Crippen LogP contribution in [-0.4, -0.2) is 40.3 Å². The first kappa shape index (κ1) is 19.6. The van der Waals surface area contributed by atoms with Gasteiger partial charge in [-0.2, -0.15) is 0 Å². The predicted molar refractivity (Wildman–Crippen MR) is 107 cm³/mol. The topological polar surface area (TPSA) is 91.6 Å². The number of para-hydroxylation sites is 1. The number of amides is 1. The lowest BCUT2D eigenvalue weighted by molar-refractivity contribution is -0.897. The third-order valence-corrected chi connectivity index (χ3v) is 4.96. The first-order valence-corrected chi connectivity index (χ1v) is 9.44. The van der Waals surface area contributed by atoms with Gasteiger partial charge in [-0.25, -0.2) is 0 Å². The number of rotatable bonds is 7. The number of hydrogen-bond donors (Lipinski definition) is 3. The second-order valence-electron chi connectivity index (χ2n) is 6.60. The molecule has 146 valence electrons. The first-order chi connectivity index (χ1) is 13.5. The molecule has 0 unspecified atom stereocenters. The van der Waals surface area contributed by atoms with Crippen LogP contribution in [0.25, 0.3) is 10.9 Å².